The van der Waals surface area contributed by atoms with Gasteiger partial charge < -0.3 is 9.32 Å². The summed E-state index contributed by atoms with van der Waals surface area (Å²) in [6.45, 7) is 0.826. The molecule has 122 valence electrons. The van der Waals surface area contributed by atoms with Crippen molar-refractivity contribution in [1.82, 2.24) is 4.57 Å². The molecule has 0 unspecified atom stereocenters. The molecule has 0 spiro atoms. The van der Waals surface area contributed by atoms with Crippen molar-refractivity contribution in [1.29, 1.82) is 0 Å². The minimum Gasteiger partial charge on any atom is -0.451 e. The topological polar surface area (TPSA) is 50.7 Å². The molecule has 2 aromatic heterocycles. The Morgan fingerprint density at radius 3 is 2.75 bits per heavy atom. The Labute approximate surface area is 153 Å². The minimum atomic E-state index is -0.286. The van der Waals surface area contributed by atoms with Crippen LogP contribution in [0.3, 0.4) is 0 Å². The van der Waals surface area contributed by atoms with Crippen LogP contribution in [-0.4, -0.2) is 11.2 Å². The third-order valence-electron chi connectivity index (χ3n) is 3.64. The van der Waals surface area contributed by atoms with Gasteiger partial charge in [-0.15, -0.1) is 0 Å². The molecule has 0 amide bonds. The van der Waals surface area contributed by atoms with Gasteiger partial charge in [-0.25, -0.2) is 9.38 Å². The summed E-state index contributed by atoms with van der Waals surface area (Å²) in [5, 5.41) is 0. The molecule has 24 heavy (non-hydrogen) atoms. The molecule has 5 nitrogen and oxygen atoms in total. The van der Waals surface area contributed by atoms with Crippen LogP contribution in [0.5, 0.6) is 0 Å². The fraction of sp³-hybridized carbons (Fsp3) is 0.125. The zero-order valence-corrected chi connectivity index (χ0v) is 15.3. The first-order valence-corrected chi connectivity index (χ1v) is 9.01. The number of rotatable bonds is 2. The first kappa shape index (κ1) is 15.6. The standard InChI is InChI=1S/C16H11FIN3O2S/c17-10-1-3-11(4-2-10)20-8-19-16-21(9-20)15(22)13(24-16)7-12-5-6-14(18)23-12/h1-7H,8-9H2. The molecule has 0 atom stereocenters. The van der Waals surface area contributed by atoms with Crippen LogP contribution in [-0.2, 0) is 6.67 Å². The maximum absolute atomic E-state index is 13.1. The Hall–Kier alpha value is -1.94. The third-order valence-corrected chi connectivity index (χ3v) is 5.26. The van der Waals surface area contributed by atoms with Gasteiger partial charge in [0, 0.05) is 11.8 Å². The van der Waals surface area contributed by atoms with Crippen LogP contribution in [0.1, 0.15) is 5.76 Å². The second-order valence-corrected chi connectivity index (χ2v) is 7.30. The number of benzene rings is 1. The lowest BCUT2D eigenvalue weighted by Gasteiger charge is -2.25. The summed E-state index contributed by atoms with van der Waals surface area (Å²) in [5.41, 5.74) is 0.729. The monoisotopic (exact) mass is 455 g/mol. The number of nitrogens with zero attached hydrogens (tertiary/aromatic N) is 3. The van der Waals surface area contributed by atoms with Crippen molar-refractivity contribution >= 4 is 45.7 Å². The number of furan rings is 1. The first-order valence-electron chi connectivity index (χ1n) is 7.12. The van der Waals surface area contributed by atoms with Crippen LogP contribution < -0.4 is 19.8 Å². The van der Waals surface area contributed by atoms with Gasteiger partial charge in [-0.05, 0) is 59.0 Å². The summed E-state index contributed by atoms with van der Waals surface area (Å²) >= 11 is 3.43. The Balaban J connectivity index is 1.71. The van der Waals surface area contributed by atoms with Gasteiger partial charge in [-0.2, -0.15) is 0 Å². The Morgan fingerprint density at radius 1 is 1.25 bits per heavy atom. The second-order valence-electron chi connectivity index (χ2n) is 5.23. The summed E-state index contributed by atoms with van der Waals surface area (Å²) in [4.78, 5) is 19.7. The highest BCUT2D eigenvalue weighted by molar-refractivity contribution is 14.1. The number of aromatic nitrogens is 1. The van der Waals surface area contributed by atoms with E-state index in [1.807, 2.05) is 17.0 Å². The van der Waals surface area contributed by atoms with E-state index in [4.69, 9.17) is 4.42 Å². The Bertz CT molecular complexity index is 1070. The average Bonchev–Trinajstić information content (AvgIpc) is 3.12. The van der Waals surface area contributed by atoms with Crippen LogP contribution in [0.15, 0.2) is 50.6 Å². The van der Waals surface area contributed by atoms with E-state index in [1.54, 1.807) is 22.8 Å². The maximum atomic E-state index is 13.1. The number of fused-ring (bicyclic) bond motifs is 1. The summed E-state index contributed by atoms with van der Waals surface area (Å²) in [6, 6.07) is 9.85. The van der Waals surface area contributed by atoms with Crippen LogP contribution in [0.25, 0.3) is 6.08 Å². The molecule has 8 heteroatoms. The summed E-state index contributed by atoms with van der Waals surface area (Å²) in [6.07, 6.45) is 1.73. The summed E-state index contributed by atoms with van der Waals surface area (Å²) in [5.74, 6) is 0.358. The lowest BCUT2D eigenvalue weighted by atomic mass is 10.3. The smallest absolute Gasteiger partial charge is 0.271 e. The molecule has 0 saturated carbocycles. The SMILES string of the molecule is O=c1c(=Cc2ccc(I)o2)sc2n1CN(c1ccc(F)cc1)CN=2. The lowest BCUT2D eigenvalue weighted by molar-refractivity contribution is 0.528. The first-order chi connectivity index (χ1) is 11.6. The number of halogens is 2. The molecule has 1 aromatic carbocycles. The molecule has 0 bridgehead atoms. The molecule has 0 aliphatic carbocycles. The van der Waals surface area contributed by atoms with Crippen molar-refractivity contribution in [3.05, 3.63) is 71.4 Å². The van der Waals surface area contributed by atoms with Gasteiger partial charge in [-0.3, -0.25) is 9.36 Å². The average molecular weight is 455 g/mol. The summed E-state index contributed by atoms with van der Waals surface area (Å²) in [7, 11) is 0. The molecule has 0 radical (unpaired) electrons. The molecule has 0 saturated heterocycles. The van der Waals surface area contributed by atoms with E-state index in [-0.39, 0.29) is 11.4 Å². The third kappa shape index (κ3) is 2.91. The van der Waals surface area contributed by atoms with E-state index >= 15 is 0 Å². The van der Waals surface area contributed by atoms with E-state index in [2.05, 4.69) is 27.6 Å². The van der Waals surface area contributed by atoms with E-state index in [9.17, 15) is 9.18 Å². The highest BCUT2D eigenvalue weighted by atomic mass is 127. The highest BCUT2D eigenvalue weighted by Crippen LogP contribution is 2.16. The van der Waals surface area contributed by atoms with E-state index in [0.717, 1.165) is 9.45 Å². The van der Waals surface area contributed by atoms with Crippen molar-refractivity contribution in [3.63, 3.8) is 0 Å². The minimum absolute atomic E-state index is 0.100. The Morgan fingerprint density at radius 2 is 2.04 bits per heavy atom. The zero-order valence-electron chi connectivity index (χ0n) is 12.3. The molecule has 0 fully saturated rings. The van der Waals surface area contributed by atoms with Gasteiger partial charge in [0.2, 0.25) is 0 Å². The summed E-state index contributed by atoms with van der Waals surface area (Å²) < 4.78 is 21.5. The van der Waals surface area contributed by atoms with E-state index in [0.29, 0.717) is 28.4 Å². The lowest BCUT2D eigenvalue weighted by Crippen LogP contribution is -2.42. The van der Waals surface area contributed by atoms with Crippen LogP contribution in [0.4, 0.5) is 10.1 Å². The van der Waals surface area contributed by atoms with Crippen LogP contribution in [0, 0.1) is 9.58 Å². The van der Waals surface area contributed by atoms with Crippen molar-refractivity contribution in [2.45, 2.75) is 6.67 Å². The van der Waals surface area contributed by atoms with Crippen molar-refractivity contribution in [2.75, 3.05) is 11.6 Å². The molecule has 4 rings (SSSR count). The molecular formula is C16H11FIN3O2S. The van der Waals surface area contributed by atoms with Gasteiger partial charge in [-0.1, -0.05) is 11.3 Å². The van der Waals surface area contributed by atoms with Gasteiger partial charge in [0.15, 0.2) is 8.57 Å². The van der Waals surface area contributed by atoms with E-state index in [1.165, 1.54) is 23.5 Å². The molecule has 1 aliphatic rings. The largest absolute Gasteiger partial charge is 0.451 e. The van der Waals surface area contributed by atoms with Crippen LogP contribution in [0.2, 0.25) is 0 Å². The van der Waals surface area contributed by atoms with Crippen molar-refractivity contribution in [3.8, 4) is 0 Å². The number of hydrogen-bond donors (Lipinski definition) is 0. The van der Waals surface area contributed by atoms with E-state index < -0.39 is 0 Å². The van der Waals surface area contributed by atoms with Gasteiger partial charge in [0.1, 0.15) is 24.9 Å². The van der Waals surface area contributed by atoms with Crippen molar-refractivity contribution < 1.29 is 8.81 Å². The number of hydrogen-bond acceptors (Lipinski definition) is 5. The highest BCUT2D eigenvalue weighted by Gasteiger charge is 2.16. The van der Waals surface area contributed by atoms with Gasteiger partial charge >= 0.3 is 0 Å². The normalized spacial score (nSPS) is 14.6. The number of anilines is 1. The maximum Gasteiger partial charge on any atom is 0.271 e. The van der Waals surface area contributed by atoms with Gasteiger partial charge in [0.25, 0.3) is 5.56 Å². The molecule has 0 N–H and O–H groups in total. The van der Waals surface area contributed by atoms with Crippen molar-refractivity contribution in [2.24, 2.45) is 4.99 Å². The molecule has 3 aromatic rings. The zero-order chi connectivity index (χ0) is 16.7. The number of thiazole rings is 1. The predicted molar refractivity (Wildman–Crippen MR) is 98.1 cm³/mol. The molecule has 1 aliphatic heterocycles. The van der Waals surface area contributed by atoms with Crippen LogP contribution >= 0.6 is 33.9 Å². The molecule has 3 heterocycles. The van der Waals surface area contributed by atoms with Gasteiger partial charge in [0.05, 0.1) is 4.53 Å². The molecular weight excluding hydrogens is 444 g/mol. The second kappa shape index (κ2) is 6.17. The fourth-order valence-corrected chi connectivity index (χ4v) is 3.84. The Kier molecular flexibility index (Phi) is 4.01. The fourth-order valence-electron chi connectivity index (χ4n) is 2.46. The quantitative estimate of drug-likeness (QED) is 0.557. The predicted octanol–water partition coefficient (Wildman–Crippen LogP) is 2.13.